The molecule has 164 valence electrons. The second-order valence-corrected chi connectivity index (χ2v) is 10.8. The van der Waals surface area contributed by atoms with E-state index >= 15 is 0 Å². The van der Waals surface area contributed by atoms with E-state index in [2.05, 4.69) is 15.2 Å². The van der Waals surface area contributed by atoms with Crippen molar-refractivity contribution in [3.8, 4) is 0 Å². The Morgan fingerprint density at radius 2 is 1.93 bits per heavy atom. The molecule has 9 nitrogen and oxygen atoms in total. The third-order valence-corrected chi connectivity index (χ3v) is 7.69. The average molecular weight is 437 g/mol. The van der Waals surface area contributed by atoms with Crippen molar-refractivity contribution in [1.29, 1.82) is 0 Å². The van der Waals surface area contributed by atoms with Crippen molar-refractivity contribution in [3.63, 3.8) is 0 Å². The Labute approximate surface area is 176 Å². The molecule has 3 fully saturated rings. The van der Waals surface area contributed by atoms with E-state index < -0.39 is 15.8 Å². The Kier molecular flexibility index (Phi) is 5.71. The van der Waals surface area contributed by atoms with Crippen molar-refractivity contribution in [1.82, 2.24) is 9.88 Å². The summed E-state index contributed by atoms with van der Waals surface area (Å²) in [4.78, 5) is 33.2. The zero-order valence-electron chi connectivity index (χ0n) is 17.3. The summed E-state index contributed by atoms with van der Waals surface area (Å²) in [6.45, 7) is 5.86. The largest absolute Gasteiger partial charge is 0.372 e. The fourth-order valence-electron chi connectivity index (χ4n) is 4.54. The molecule has 0 spiro atoms. The van der Waals surface area contributed by atoms with Gasteiger partial charge in [0.15, 0.2) is 9.84 Å². The van der Waals surface area contributed by atoms with Gasteiger partial charge in [0.25, 0.3) is 0 Å². The van der Waals surface area contributed by atoms with Gasteiger partial charge >= 0.3 is 0 Å². The van der Waals surface area contributed by atoms with Gasteiger partial charge in [-0.2, -0.15) is 0 Å². The predicted octanol–water partition coefficient (Wildman–Crippen LogP) is 0.669. The first-order chi connectivity index (χ1) is 14.2. The number of hydrogen-bond donors (Lipinski definition) is 1. The summed E-state index contributed by atoms with van der Waals surface area (Å²) >= 11 is 0. The molecule has 30 heavy (non-hydrogen) atoms. The lowest BCUT2D eigenvalue weighted by atomic mass is 10.1. The monoisotopic (exact) mass is 436 g/mol. The summed E-state index contributed by atoms with van der Waals surface area (Å²) in [6, 6.07) is 3.37. The highest BCUT2D eigenvalue weighted by Gasteiger charge is 2.41. The number of pyridine rings is 1. The molecule has 0 radical (unpaired) electrons. The third-order valence-electron chi connectivity index (χ3n) is 5.94. The number of aromatic nitrogens is 1. The zero-order chi connectivity index (χ0) is 21.5. The Hall–Kier alpha value is -2.20. The molecule has 4 atom stereocenters. The normalized spacial score (nSPS) is 31.2. The van der Waals surface area contributed by atoms with Gasteiger partial charge in [0, 0.05) is 32.1 Å². The molecule has 3 aliphatic heterocycles. The number of nitrogens with zero attached hydrogens (tertiary/aromatic N) is 3. The molecule has 0 aromatic carbocycles. The van der Waals surface area contributed by atoms with Crippen LogP contribution in [0.1, 0.15) is 26.7 Å². The topological polar surface area (TPSA) is 109 Å². The van der Waals surface area contributed by atoms with Crippen molar-refractivity contribution in [2.45, 2.75) is 44.9 Å². The molecule has 0 bridgehead atoms. The summed E-state index contributed by atoms with van der Waals surface area (Å²) in [5, 5.41) is 2.84. The van der Waals surface area contributed by atoms with E-state index in [9.17, 15) is 18.0 Å². The van der Waals surface area contributed by atoms with Gasteiger partial charge in [-0.3, -0.25) is 9.59 Å². The van der Waals surface area contributed by atoms with Crippen LogP contribution < -0.4 is 10.2 Å². The van der Waals surface area contributed by atoms with E-state index in [0.29, 0.717) is 12.1 Å². The number of anilines is 2. The van der Waals surface area contributed by atoms with Crippen molar-refractivity contribution < 1.29 is 22.7 Å². The number of rotatable bonds is 4. The summed E-state index contributed by atoms with van der Waals surface area (Å²) in [5.41, 5.74) is 0.576. The van der Waals surface area contributed by atoms with Crippen LogP contribution >= 0.6 is 0 Å². The molecule has 0 saturated carbocycles. The van der Waals surface area contributed by atoms with Gasteiger partial charge in [-0.05, 0) is 32.4 Å². The van der Waals surface area contributed by atoms with Gasteiger partial charge in [0.2, 0.25) is 11.8 Å². The minimum Gasteiger partial charge on any atom is -0.372 e. The number of carbonyl (C=O) groups is 2. The zero-order valence-corrected chi connectivity index (χ0v) is 18.1. The second kappa shape index (κ2) is 8.14. The lowest BCUT2D eigenvalue weighted by Crippen LogP contribution is -2.45. The standard InChI is InChI=1S/C20H28N4O5S/c1-13-9-23(10-14(2)29-13)18-4-3-16(8-21-18)22-20(26)15-7-19(25)24(11-15)17-5-6-30(27,28)12-17/h3-4,8,13-15,17H,5-7,9-12H2,1-2H3,(H,22,26)/t13-,14-,15-,17-/m1/s1. The van der Waals surface area contributed by atoms with Crippen molar-refractivity contribution in [2.75, 3.05) is 41.4 Å². The summed E-state index contributed by atoms with van der Waals surface area (Å²) < 4.78 is 29.2. The van der Waals surface area contributed by atoms with Gasteiger partial charge in [-0.1, -0.05) is 0 Å². The number of hydrogen-bond acceptors (Lipinski definition) is 7. The van der Waals surface area contributed by atoms with E-state index in [-0.39, 0.29) is 54.5 Å². The Balaban J connectivity index is 1.34. The van der Waals surface area contributed by atoms with Crippen LogP contribution in [0.25, 0.3) is 0 Å². The minimum absolute atomic E-state index is 0.00274. The van der Waals surface area contributed by atoms with Gasteiger partial charge in [0.1, 0.15) is 5.82 Å². The molecule has 0 unspecified atom stereocenters. The maximum absolute atomic E-state index is 12.7. The van der Waals surface area contributed by atoms with Crippen LogP contribution in [0.15, 0.2) is 18.3 Å². The van der Waals surface area contributed by atoms with Crippen LogP contribution in [-0.2, 0) is 24.2 Å². The molecule has 1 N–H and O–H groups in total. The fourth-order valence-corrected chi connectivity index (χ4v) is 6.27. The minimum atomic E-state index is -3.08. The van der Waals surface area contributed by atoms with E-state index in [4.69, 9.17) is 4.74 Å². The van der Waals surface area contributed by atoms with Gasteiger partial charge in [-0.25, -0.2) is 13.4 Å². The average Bonchev–Trinajstić information content (AvgIpc) is 3.23. The van der Waals surface area contributed by atoms with Crippen molar-refractivity contribution >= 4 is 33.2 Å². The number of morpholine rings is 1. The summed E-state index contributed by atoms with van der Waals surface area (Å²) in [5.74, 6) is 0.0612. The van der Waals surface area contributed by atoms with Gasteiger partial charge in [0.05, 0.1) is 41.5 Å². The molecule has 10 heteroatoms. The van der Waals surface area contributed by atoms with Crippen LogP contribution in [0, 0.1) is 5.92 Å². The summed E-state index contributed by atoms with van der Waals surface area (Å²) in [6.07, 6.45) is 2.44. The number of ether oxygens (including phenoxy) is 1. The van der Waals surface area contributed by atoms with Gasteiger partial charge < -0.3 is 19.9 Å². The first-order valence-electron chi connectivity index (χ1n) is 10.4. The van der Waals surface area contributed by atoms with Gasteiger partial charge in [-0.15, -0.1) is 0 Å². The molecule has 0 aliphatic carbocycles. The molecule has 3 saturated heterocycles. The first kappa shape index (κ1) is 21.0. The van der Waals surface area contributed by atoms with Crippen LogP contribution in [0.4, 0.5) is 11.5 Å². The highest BCUT2D eigenvalue weighted by Crippen LogP contribution is 2.27. The number of carbonyl (C=O) groups excluding carboxylic acids is 2. The number of likely N-dealkylation sites (tertiary alicyclic amines) is 1. The number of amides is 2. The van der Waals surface area contributed by atoms with E-state index in [1.165, 1.54) is 0 Å². The maximum Gasteiger partial charge on any atom is 0.229 e. The van der Waals surface area contributed by atoms with E-state index in [0.717, 1.165) is 18.9 Å². The smallest absolute Gasteiger partial charge is 0.229 e. The SMILES string of the molecule is C[C@@H]1CN(c2ccc(NC(=O)[C@@H]3CC(=O)N([C@@H]4CCS(=O)(=O)C4)C3)cn2)C[C@@H](C)O1. The molecule has 4 heterocycles. The molecule has 2 amide bonds. The van der Waals surface area contributed by atoms with Crippen LogP contribution in [0.5, 0.6) is 0 Å². The van der Waals surface area contributed by atoms with Crippen LogP contribution in [-0.4, -0.2) is 79.5 Å². The molecule has 3 aliphatic rings. The third kappa shape index (κ3) is 4.59. The molecular weight excluding hydrogens is 408 g/mol. The predicted molar refractivity (Wildman–Crippen MR) is 112 cm³/mol. The second-order valence-electron chi connectivity index (χ2n) is 8.56. The molecule has 1 aromatic rings. The van der Waals surface area contributed by atoms with Crippen molar-refractivity contribution in [3.05, 3.63) is 18.3 Å². The van der Waals surface area contributed by atoms with Crippen molar-refractivity contribution in [2.24, 2.45) is 5.92 Å². The summed E-state index contributed by atoms with van der Waals surface area (Å²) in [7, 11) is -3.08. The van der Waals surface area contributed by atoms with E-state index in [1.807, 2.05) is 26.0 Å². The molecular formula is C20H28N4O5S. The quantitative estimate of drug-likeness (QED) is 0.739. The van der Waals surface area contributed by atoms with E-state index in [1.54, 1.807) is 11.1 Å². The first-order valence-corrected chi connectivity index (χ1v) is 12.2. The fraction of sp³-hybridized carbons (Fsp3) is 0.650. The Morgan fingerprint density at radius 3 is 2.53 bits per heavy atom. The highest BCUT2D eigenvalue weighted by molar-refractivity contribution is 7.91. The molecule has 4 rings (SSSR count). The lowest BCUT2D eigenvalue weighted by Gasteiger charge is -2.36. The molecule has 1 aromatic heterocycles. The van der Waals surface area contributed by atoms with Crippen LogP contribution in [0.3, 0.4) is 0 Å². The maximum atomic E-state index is 12.7. The lowest BCUT2D eigenvalue weighted by molar-refractivity contribution is -0.129. The number of sulfone groups is 1. The Bertz CT molecular complexity index is 910. The number of nitrogens with one attached hydrogen (secondary N) is 1. The highest BCUT2D eigenvalue weighted by atomic mass is 32.2. The van der Waals surface area contributed by atoms with Crippen LogP contribution in [0.2, 0.25) is 0 Å². The Morgan fingerprint density at radius 1 is 1.20 bits per heavy atom.